The van der Waals surface area contributed by atoms with Crippen LogP contribution in [0.25, 0.3) is 10.9 Å². The van der Waals surface area contributed by atoms with Gasteiger partial charge in [0.15, 0.2) is 0 Å². The van der Waals surface area contributed by atoms with Crippen molar-refractivity contribution in [2.24, 2.45) is 13.0 Å². The highest BCUT2D eigenvalue weighted by Gasteiger charge is 2.18. The molecule has 0 radical (unpaired) electrons. The van der Waals surface area contributed by atoms with E-state index in [2.05, 4.69) is 10.3 Å². The zero-order chi connectivity index (χ0) is 14.8. The first-order chi connectivity index (χ1) is 10.2. The van der Waals surface area contributed by atoms with Gasteiger partial charge in [-0.25, -0.2) is 0 Å². The zero-order valence-electron chi connectivity index (χ0n) is 12.1. The van der Waals surface area contributed by atoms with Crippen LogP contribution < -0.4 is 10.9 Å². The molecular formula is C15H21N3O3. The summed E-state index contributed by atoms with van der Waals surface area (Å²) in [6.07, 6.45) is 4.80. The highest BCUT2D eigenvalue weighted by Crippen LogP contribution is 2.20. The van der Waals surface area contributed by atoms with Crippen LogP contribution in [0.4, 0.5) is 0 Å². The number of aliphatic hydroxyl groups excluding tert-OH is 1. The van der Waals surface area contributed by atoms with Gasteiger partial charge in [0.2, 0.25) is 0 Å². The van der Waals surface area contributed by atoms with Crippen LogP contribution in [-0.2, 0) is 11.8 Å². The number of aliphatic hydroxyl groups is 1. The fourth-order valence-electron chi connectivity index (χ4n) is 2.87. The average Bonchev–Trinajstić information content (AvgIpc) is 2.99. The molecule has 0 aromatic carbocycles. The highest BCUT2D eigenvalue weighted by molar-refractivity contribution is 5.82. The summed E-state index contributed by atoms with van der Waals surface area (Å²) >= 11 is 0. The Bertz CT molecular complexity index is 670. The molecule has 0 saturated carbocycles. The van der Waals surface area contributed by atoms with Crippen molar-refractivity contribution >= 4 is 10.9 Å². The average molecular weight is 291 g/mol. The van der Waals surface area contributed by atoms with Gasteiger partial charge >= 0.3 is 0 Å². The van der Waals surface area contributed by atoms with Crippen molar-refractivity contribution in [3.05, 3.63) is 34.4 Å². The predicted octanol–water partition coefficient (Wildman–Crippen LogP) is 0.874. The van der Waals surface area contributed by atoms with E-state index in [9.17, 15) is 9.90 Å². The summed E-state index contributed by atoms with van der Waals surface area (Å²) in [4.78, 5) is 14.9. The number of H-pyrrole nitrogens is 1. The summed E-state index contributed by atoms with van der Waals surface area (Å²) in [6.45, 7) is 2.28. The van der Waals surface area contributed by atoms with Gasteiger partial charge in [-0.15, -0.1) is 0 Å². The van der Waals surface area contributed by atoms with Crippen LogP contribution in [0, 0.1) is 5.92 Å². The van der Waals surface area contributed by atoms with Crippen molar-refractivity contribution in [3.8, 4) is 0 Å². The second-order valence-electron chi connectivity index (χ2n) is 5.66. The van der Waals surface area contributed by atoms with Gasteiger partial charge in [-0.2, -0.15) is 0 Å². The van der Waals surface area contributed by atoms with E-state index < -0.39 is 6.23 Å². The van der Waals surface area contributed by atoms with Crippen LogP contribution in [0.5, 0.6) is 0 Å². The quantitative estimate of drug-likeness (QED) is 0.730. The number of nitrogens with one attached hydrogen (secondary N) is 2. The van der Waals surface area contributed by atoms with Crippen molar-refractivity contribution in [2.45, 2.75) is 19.1 Å². The lowest BCUT2D eigenvalue weighted by atomic mass is 10.0. The molecule has 1 aliphatic rings. The van der Waals surface area contributed by atoms with Gasteiger partial charge in [0.05, 0.1) is 6.61 Å². The van der Waals surface area contributed by atoms with Crippen LogP contribution in [-0.4, -0.2) is 34.4 Å². The Labute approximate surface area is 122 Å². The van der Waals surface area contributed by atoms with E-state index in [4.69, 9.17) is 4.74 Å². The third kappa shape index (κ3) is 2.88. The standard InChI is InChI=1S/C15H21N3O3/c1-18-8-12(11-4-5-16-13(11)15(18)20)14(19)17-7-10-3-2-6-21-9-10/h4-5,8,10,14,16-17,19H,2-3,6-7,9H2,1H3. The van der Waals surface area contributed by atoms with Crippen molar-refractivity contribution in [3.63, 3.8) is 0 Å². The number of ether oxygens (including phenoxy) is 1. The van der Waals surface area contributed by atoms with Crippen molar-refractivity contribution in [2.75, 3.05) is 19.8 Å². The summed E-state index contributed by atoms with van der Waals surface area (Å²) < 4.78 is 6.93. The number of hydrogen-bond donors (Lipinski definition) is 3. The van der Waals surface area contributed by atoms with E-state index >= 15 is 0 Å². The molecule has 0 bridgehead atoms. The molecule has 0 spiro atoms. The number of aromatic nitrogens is 2. The van der Waals surface area contributed by atoms with E-state index in [1.165, 1.54) is 4.57 Å². The number of pyridine rings is 1. The molecule has 0 amide bonds. The molecule has 3 N–H and O–H groups in total. The number of fused-ring (bicyclic) bond motifs is 1. The second-order valence-corrected chi connectivity index (χ2v) is 5.66. The molecule has 3 heterocycles. The fraction of sp³-hybridized carbons (Fsp3) is 0.533. The fourth-order valence-corrected chi connectivity index (χ4v) is 2.87. The number of hydrogen-bond acceptors (Lipinski definition) is 4. The van der Waals surface area contributed by atoms with Crippen LogP contribution in [0.1, 0.15) is 24.6 Å². The van der Waals surface area contributed by atoms with Crippen LogP contribution in [0.3, 0.4) is 0 Å². The van der Waals surface area contributed by atoms with E-state index in [0.29, 0.717) is 23.5 Å². The van der Waals surface area contributed by atoms with E-state index in [-0.39, 0.29) is 5.56 Å². The first kappa shape index (κ1) is 14.3. The molecular weight excluding hydrogens is 270 g/mol. The minimum Gasteiger partial charge on any atom is -0.381 e. The lowest BCUT2D eigenvalue weighted by Gasteiger charge is -2.24. The Morgan fingerprint density at radius 3 is 3.24 bits per heavy atom. The van der Waals surface area contributed by atoms with Crippen molar-refractivity contribution in [1.29, 1.82) is 0 Å². The Kier molecular flexibility index (Phi) is 4.10. The maximum atomic E-state index is 12.0. The zero-order valence-corrected chi connectivity index (χ0v) is 12.1. The van der Waals surface area contributed by atoms with Crippen LogP contribution in [0.15, 0.2) is 23.3 Å². The minimum atomic E-state index is -0.794. The van der Waals surface area contributed by atoms with Gasteiger partial charge < -0.3 is 19.4 Å². The molecule has 3 rings (SSSR count). The lowest BCUT2D eigenvalue weighted by Crippen LogP contribution is -2.32. The minimum absolute atomic E-state index is 0.0911. The molecule has 114 valence electrons. The normalized spacial score (nSPS) is 20.8. The highest BCUT2D eigenvalue weighted by atomic mass is 16.5. The van der Waals surface area contributed by atoms with Crippen molar-refractivity contribution < 1.29 is 9.84 Å². The molecule has 6 heteroatoms. The lowest BCUT2D eigenvalue weighted by molar-refractivity contribution is 0.0449. The summed E-state index contributed by atoms with van der Waals surface area (Å²) in [5, 5.41) is 14.3. The molecule has 1 fully saturated rings. The van der Waals surface area contributed by atoms with Crippen molar-refractivity contribution in [1.82, 2.24) is 14.9 Å². The molecule has 2 unspecified atom stereocenters. The third-order valence-electron chi connectivity index (χ3n) is 4.07. The largest absolute Gasteiger partial charge is 0.381 e. The number of aryl methyl sites for hydroxylation is 1. The second kappa shape index (κ2) is 6.01. The molecule has 21 heavy (non-hydrogen) atoms. The Balaban J connectivity index is 1.78. The van der Waals surface area contributed by atoms with Gasteiger partial charge in [0.25, 0.3) is 5.56 Å². The van der Waals surface area contributed by atoms with Gasteiger partial charge in [0.1, 0.15) is 11.7 Å². The van der Waals surface area contributed by atoms with Gasteiger partial charge in [-0.3, -0.25) is 10.1 Å². The maximum Gasteiger partial charge on any atom is 0.274 e. The van der Waals surface area contributed by atoms with Crippen LogP contribution in [0.2, 0.25) is 0 Å². The summed E-state index contributed by atoms with van der Waals surface area (Å²) in [6, 6.07) is 1.82. The molecule has 2 aromatic heterocycles. The van der Waals surface area contributed by atoms with Gasteiger partial charge in [-0.1, -0.05) is 0 Å². The number of aromatic amines is 1. The Hall–Kier alpha value is -1.63. The molecule has 2 aromatic rings. The monoisotopic (exact) mass is 291 g/mol. The number of nitrogens with zero attached hydrogens (tertiary/aromatic N) is 1. The summed E-state index contributed by atoms with van der Waals surface area (Å²) in [5.74, 6) is 0.433. The molecule has 0 aliphatic carbocycles. The molecule has 6 nitrogen and oxygen atoms in total. The molecule has 1 aliphatic heterocycles. The first-order valence-electron chi connectivity index (χ1n) is 7.32. The summed E-state index contributed by atoms with van der Waals surface area (Å²) in [5.41, 5.74) is 1.15. The SMILES string of the molecule is Cn1cc(C(O)NCC2CCCOC2)c2cc[nH]c2c1=O. The van der Waals surface area contributed by atoms with Gasteiger partial charge in [-0.05, 0) is 24.8 Å². The van der Waals surface area contributed by atoms with Crippen LogP contribution >= 0.6 is 0 Å². The van der Waals surface area contributed by atoms with E-state index in [0.717, 1.165) is 31.4 Å². The first-order valence-corrected chi connectivity index (χ1v) is 7.32. The summed E-state index contributed by atoms with van der Waals surface area (Å²) in [7, 11) is 1.69. The molecule has 1 saturated heterocycles. The third-order valence-corrected chi connectivity index (χ3v) is 4.07. The molecule has 2 atom stereocenters. The Morgan fingerprint density at radius 2 is 2.48 bits per heavy atom. The Morgan fingerprint density at radius 1 is 1.62 bits per heavy atom. The van der Waals surface area contributed by atoms with Gasteiger partial charge in [0, 0.05) is 43.5 Å². The smallest absolute Gasteiger partial charge is 0.274 e. The maximum absolute atomic E-state index is 12.0. The predicted molar refractivity (Wildman–Crippen MR) is 80.0 cm³/mol. The number of rotatable bonds is 4. The topological polar surface area (TPSA) is 79.3 Å². The van der Waals surface area contributed by atoms with E-state index in [1.807, 2.05) is 6.07 Å². The van der Waals surface area contributed by atoms with E-state index in [1.54, 1.807) is 19.4 Å².